The number of aliphatic hydroxyl groups is 3. The van der Waals surface area contributed by atoms with E-state index in [0.29, 0.717) is 0 Å². The van der Waals surface area contributed by atoms with Crippen LogP contribution in [-0.2, 0) is 9.59 Å². The predicted octanol–water partition coefficient (Wildman–Crippen LogP) is -2.44. The Morgan fingerprint density at radius 1 is 1.00 bits per heavy atom. The Labute approximate surface area is 98.9 Å². The van der Waals surface area contributed by atoms with Gasteiger partial charge in [0, 0.05) is 0 Å². The number of hydrogen-bond acceptors (Lipinski definition) is 5. The molecule has 0 fully saturated rings. The summed E-state index contributed by atoms with van der Waals surface area (Å²) >= 11 is 0. The van der Waals surface area contributed by atoms with Gasteiger partial charge in [-0.15, -0.1) is 0 Å². The third kappa shape index (κ3) is 11.1. The van der Waals surface area contributed by atoms with Crippen LogP contribution in [0.3, 0.4) is 0 Å². The van der Waals surface area contributed by atoms with Crippen molar-refractivity contribution >= 4 is 11.9 Å². The first kappa shape index (κ1) is 18.2. The number of nitrogens with zero attached hydrogens (tertiary/aromatic N) is 1. The van der Waals surface area contributed by atoms with E-state index in [1.54, 1.807) is 0 Å². The lowest BCUT2D eigenvalue weighted by atomic mass is 10.2. The van der Waals surface area contributed by atoms with Crippen molar-refractivity contribution < 1.29 is 39.6 Å². The summed E-state index contributed by atoms with van der Waals surface area (Å²) < 4.78 is 0.844. The number of carbonyl (C=O) groups is 2. The molecule has 0 unspecified atom stereocenters. The lowest BCUT2D eigenvalue weighted by Gasteiger charge is -2.21. The Hall–Kier alpha value is -1.22. The van der Waals surface area contributed by atoms with Gasteiger partial charge < -0.3 is 30.0 Å². The van der Waals surface area contributed by atoms with Gasteiger partial charge in [-0.25, -0.2) is 9.59 Å². The van der Waals surface area contributed by atoms with Crippen LogP contribution in [0.5, 0.6) is 0 Å². The van der Waals surface area contributed by atoms with Gasteiger partial charge in [-0.3, -0.25) is 0 Å². The van der Waals surface area contributed by atoms with Crippen molar-refractivity contribution in [2.45, 2.75) is 12.2 Å². The van der Waals surface area contributed by atoms with Crippen LogP contribution in [0.4, 0.5) is 0 Å². The lowest BCUT2D eigenvalue weighted by Crippen LogP contribution is -2.39. The minimum Gasteiger partial charge on any atom is -0.479 e. The minimum absolute atomic E-state index is 0.281. The largest absolute Gasteiger partial charge is 0.479 e. The second kappa shape index (κ2) is 7.96. The number of hydrogen-bond donors (Lipinski definition) is 5. The molecule has 0 saturated carbocycles. The molecule has 102 valence electrons. The first-order chi connectivity index (χ1) is 7.52. The molecule has 2 atom stereocenters. The molecule has 0 aromatic rings. The highest BCUT2D eigenvalue weighted by Gasteiger charge is 2.29. The molecule has 0 heterocycles. The van der Waals surface area contributed by atoms with E-state index in [2.05, 4.69) is 21.1 Å². The van der Waals surface area contributed by atoms with Gasteiger partial charge in [0.2, 0.25) is 0 Å². The lowest BCUT2D eigenvalue weighted by molar-refractivity contribution is -0.870. The van der Waals surface area contributed by atoms with Crippen molar-refractivity contribution in [3.63, 3.8) is 0 Å². The second-order valence-corrected chi connectivity index (χ2v) is 4.30. The number of rotatable bonds is 5. The van der Waals surface area contributed by atoms with E-state index in [4.69, 9.17) is 25.5 Å². The van der Waals surface area contributed by atoms with Gasteiger partial charge in [0.05, 0.1) is 27.7 Å². The highest BCUT2D eigenvalue weighted by molar-refractivity contribution is 5.83. The highest BCUT2D eigenvalue weighted by atomic mass is 16.4. The molecule has 0 spiro atoms. The van der Waals surface area contributed by atoms with Crippen LogP contribution in [0.15, 0.2) is 0 Å². The maximum atomic E-state index is 9.77. The van der Waals surface area contributed by atoms with Crippen LogP contribution in [0, 0.1) is 0 Å². The predicted molar refractivity (Wildman–Crippen MR) is 57.3 cm³/mol. The molecule has 8 heteroatoms. The maximum Gasteiger partial charge on any atom is 0.335 e. The van der Waals surface area contributed by atoms with Crippen molar-refractivity contribution in [2.24, 2.45) is 0 Å². The minimum atomic E-state index is -2.27. The Balaban J connectivity index is 0. The van der Waals surface area contributed by atoms with Gasteiger partial charge in [0.1, 0.15) is 6.54 Å². The number of aliphatic carboxylic acids is 2. The molecule has 8 nitrogen and oxygen atoms in total. The van der Waals surface area contributed by atoms with Crippen LogP contribution in [-0.4, -0.2) is 88.5 Å². The van der Waals surface area contributed by atoms with E-state index in [9.17, 15) is 9.59 Å². The summed E-state index contributed by atoms with van der Waals surface area (Å²) in [7, 11) is 6.16. The molecule has 0 amide bonds. The van der Waals surface area contributed by atoms with Crippen LogP contribution >= 0.6 is 0 Å². The summed E-state index contributed by atoms with van der Waals surface area (Å²) in [5, 5.41) is 40.9. The molecule has 0 bridgehead atoms. The molecule has 0 aromatic heterocycles. The van der Waals surface area contributed by atoms with Crippen LogP contribution in [0.1, 0.15) is 0 Å². The van der Waals surface area contributed by atoms with Crippen molar-refractivity contribution in [1.82, 2.24) is 0 Å². The monoisotopic (exact) mass is 254 g/mol. The summed E-state index contributed by atoms with van der Waals surface area (Å²) in [6, 6.07) is 0. The topological polar surface area (TPSA) is 135 Å². The van der Waals surface area contributed by atoms with Crippen molar-refractivity contribution in [3.05, 3.63) is 0 Å². The Bertz CT molecular complexity index is 230. The standard InChI is InChI=1S/C5H14NO.C4H6O6/c1-6(2,3)4-5-7;5-1(3(7)8)2(6)4(9)10/h7H,4-5H2,1-3H3;1-2,5-6H,(H,7,8)(H,9,10)/q+1;/t;1-,2-/m.0/s1. The van der Waals surface area contributed by atoms with E-state index in [-0.39, 0.29) is 6.61 Å². The SMILES string of the molecule is C[N+](C)(C)CCO.O=C(O)[C@@H](O)[C@H](O)C(=O)O. The van der Waals surface area contributed by atoms with Crippen LogP contribution in [0.2, 0.25) is 0 Å². The average Bonchev–Trinajstić information content (AvgIpc) is 2.14. The second-order valence-electron chi connectivity index (χ2n) is 4.30. The normalized spacial score (nSPS) is 14.2. The van der Waals surface area contributed by atoms with Gasteiger partial charge in [0.15, 0.2) is 12.2 Å². The van der Waals surface area contributed by atoms with Gasteiger partial charge in [0.25, 0.3) is 0 Å². The van der Waals surface area contributed by atoms with E-state index in [1.165, 1.54) is 0 Å². The fourth-order valence-electron chi connectivity index (χ4n) is 0.570. The highest BCUT2D eigenvalue weighted by Crippen LogP contribution is 1.92. The third-order valence-corrected chi connectivity index (χ3v) is 1.58. The summed E-state index contributed by atoms with van der Waals surface area (Å²) in [6.07, 6.45) is -4.53. The Morgan fingerprint density at radius 2 is 1.29 bits per heavy atom. The first-order valence-corrected chi connectivity index (χ1v) is 4.76. The zero-order chi connectivity index (χ0) is 14.2. The van der Waals surface area contributed by atoms with E-state index in [1.807, 2.05) is 0 Å². The summed E-state index contributed by atoms with van der Waals surface area (Å²) in [5.74, 6) is -3.54. The molecule has 0 aliphatic heterocycles. The van der Waals surface area contributed by atoms with Gasteiger partial charge in [-0.05, 0) is 0 Å². The van der Waals surface area contributed by atoms with Crippen molar-refractivity contribution in [3.8, 4) is 0 Å². The molecule has 0 aliphatic rings. The van der Waals surface area contributed by atoms with Crippen molar-refractivity contribution in [2.75, 3.05) is 34.3 Å². The summed E-state index contributed by atoms with van der Waals surface area (Å²) in [4.78, 5) is 19.5. The van der Waals surface area contributed by atoms with Crippen LogP contribution in [0.25, 0.3) is 0 Å². The molecule has 0 aliphatic carbocycles. The molecule has 0 aromatic carbocycles. The Morgan fingerprint density at radius 3 is 1.35 bits per heavy atom. The van der Waals surface area contributed by atoms with Crippen molar-refractivity contribution in [1.29, 1.82) is 0 Å². The molecule has 0 rings (SSSR count). The van der Waals surface area contributed by atoms with E-state index in [0.717, 1.165) is 11.0 Å². The molecular weight excluding hydrogens is 234 g/mol. The molecule has 5 N–H and O–H groups in total. The van der Waals surface area contributed by atoms with Gasteiger partial charge in [-0.1, -0.05) is 0 Å². The van der Waals surface area contributed by atoms with Gasteiger partial charge in [-0.2, -0.15) is 0 Å². The zero-order valence-corrected chi connectivity index (χ0v) is 10.1. The van der Waals surface area contributed by atoms with Crippen LogP contribution < -0.4 is 0 Å². The molecule has 0 radical (unpaired) electrons. The fraction of sp³-hybridized carbons (Fsp3) is 0.778. The van der Waals surface area contributed by atoms with E-state index >= 15 is 0 Å². The average molecular weight is 254 g/mol. The maximum absolute atomic E-state index is 9.77. The number of carboxylic acids is 2. The molecule has 0 saturated heterocycles. The first-order valence-electron chi connectivity index (χ1n) is 4.76. The van der Waals surface area contributed by atoms with E-state index < -0.39 is 24.1 Å². The number of carboxylic acid groups (broad SMARTS) is 2. The fourth-order valence-corrected chi connectivity index (χ4v) is 0.570. The number of aliphatic hydroxyl groups excluding tert-OH is 3. The summed E-state index contributed by atoms with van der Waals surface area (Å²) in [5.41, 5.74) is 0. The zero-order valence-electron chi connectivity index (χ0n) is 10.1. The number of likely N-dealkylation sites (N-methyl/N-ethyl adjacent to an activating group) is 1. The smallest absolute Gasteiger partial charge is 0.335 e. The number of quaternary nitrogens is 1. The Kier molecular flexibility index (Phi) is 8.50. The molecule has 17 heavy (non-hydrogen) atoms. The third-order valence-electron chi connectivity index (χ3n) is 1.58. The van der Waals surface area contributed by atoms with Gasteiger partial charge >= 0.3 is 11.9 Å². The quantitative estimate of drug-likeness (QED) is 0.344. The molecular formula is C9H20NO7+. The summed E-state index contributed by atoms with van der Waals surface area (Å²) in [6.45, 7) is 1.11.